The van der Waals surface area contributed by atoms with E-state index in [1.165, 1.54) is 11.2 Å². The molecule has 1 atom stereocenters. The van der Waals surface area contributed by atoms with Crippen molar-refractivity contribution in [2.45, 2.75) is 18.9 Å². The number of hydrogen-bond acceptors (Lipinski definition) is 3. The Morgan fingerprint density at radius 3 is 2.88 bits per heavy atom. The van der Waals surface area contributed by atoms with Gasteiger partial charge in [0.05, 0.1) is 6.33 Å². The quantitative estimate of drug-likeness (QED) is 0.772. The maximum absolute atomic E-state index is 12.0. The number of aryl methyl sites for hydroxylation is 1. The van der Waals surface area contributed by atoms with Crippen LogP contribution >= 0.6 is 0 Å². The fourth-order valence-electron chi connectivity index (χ4n) is 1.94. The van der Waals surface area contributed by atoms with Gasteiger partial charge in [0.1, 0.15) is 11.7 Å². The molecule has 0 saturated carbocycles. The van der Waals surface area contributed by atoms with Crippen LogP contribution in [0.4, 0.5) is 0 Å². The first kappa shape index (κ1) is 10.7. The molecule has 6 heteroatoms. The molecule has 1 amide bonds. The third-order valence-electron chi connectivity index (χ3n) is 2.72. The van der Waals surface area contributed by atoms with Crippen LogP contribution in [0.15, 0.2) is 12.5 Å². The number of aliphatic carboxylic acids is 1. The molecule has 0 bridgehead atoms. The van der Waals surface area contributed by atoms with Crippen molar-refractivity contribution in [3.05, 3.63) is 18.2 Å². The van der Waals surface area contributed by atoms with E-state index in [9.17, 15) is 9.59 Å². The van der Waals surface area contributed by atoms with Gasteiger partial charge in [0.15, 0.2) is 0 Å². The van der Waals surface area contributed by atoms with Crippen LogP contribution in [0.3, 0.4) is 0 Å². The standard InChI is InChI=1S/C10H13N3O3/c1-12-5-7(11-6-12)9(14)13-4-2-3-8(13)10(15)16/h5-6,8H,2-4H2,1H3,(H,15,16). The third kappa shape index (κ3) is 1.78. The Labute approximate surface area is 92.5 Å². The lowest BCUT2D eigenvalue weighted by Crippen LogP contribution is -2.40. The number of carbonyl (C=O) groups is 2. The highest BCUT2D eigenvalue weighted by atomic mass is 16.4. The largest absolute Gasteiger partial charge is 0.480 e. The molecule has 0 aliphatic carbocycles. The number of amides is 1. The molecule has 1 unspecified atom stereocenters. The van der Waals surface area contributed by atoms with Crippen LogP contribution in [-0.2, 0) is 11.8 Å². The maximum Gasteiger partial charge on any atom is 0.326 e. The lowest BCUT2D eigenvalue weighted by Gasteiger charge is -2.19. The first-order valence-electron chi connectivity index (χ1n) is 5.11. The van der Waals surface area contributed by atoms with E-state index in [2.05, 4.69) is 4.98 Å². The highest BCUT2D eigenvalue weighted by Crippen LogP contribution is 2.19. The monoisotopic (exact) mass is 223 g/mol. The van der Waals surface area contributed by atoms with Crippen molar-refractivity contribution in [2.75, 3.05) is 6.54 Å². The molecule has 1 aliphatic rings. The highest BCUT2D eigenvalue weighted by molar-refractivity contribution is 5.95. The zero-order valence-corrected chi connectivity index (χ0v) is 8.96. The van der Waals surface area contributed by atoms with E-state index in [4.69, 9.17) is 5.11 Å². The molecule has 0 spiro atoms. The minimum atomic E-state index is -0.943. The number of likely N-dealkylation sites (tertiary alicyclic amines) is 1. The van der Waals surface area contributed by atoms with E-state index in [1.807, 2.05) is 0 Å². The van der Waals surface area contributed by atoms with Crippen molar-refractivity contribution in [3.8, 4) is 0 Å². The van der Waals surface area contributed by atoms with E-state index in [0.29, 0.717) is 18.7 Å². The molecule has 6 nitrogen and oxygen atoms in total. The number of nitrogens with zero attached hydrogens (tertiary/aromatic N) is 3. The molecule has 1 aromatic rings. The second kappa shape index (κ2) is 3.96. The second-order valence-electron chi connectivity index (χ2n) is 3.92. The Balaban J connectivity index is 2.18. The first-order chi connectivity index (χ1) is 7.59. The van der Waals surface area contributed by atoms with E-state index in [0.717, 1.165) is 6.42 Å². The molecule has 1 aromatic heterocycles. The van der Waals surface area contributed by atoms with Gasteiger partial charge in [-0.3, -0.25) is 4.79 Å². The molecule has 1 aliphatic heterocycles. The number of rotatable bonds is 2. The van der Waals surface area contributed by atoms with Crippen LogP contribution in [0.2, 0.25) is 0 Å². The Kier molecular flexibility index (Phi) is 2.64. The normalized spacial score (nSPS) is 20.1. The summed E-state index contributed by atoms with van der Waals surface area (Å²) < 4.78 is 1.67. The number of aromatic nitrogens is 2. The molecule has 2 rings (SSSR count). The molecule has 16 heavy (non-hydrogen) atoms. The van der Waals surface area contributed by atoms with Crippen LogP contribution in [0, 0.1) is 0 Å². The molecular formula is C10H13N3O3. The van der Waals surface area contributed by atoms with Gasteiger partial charge in [-0.25, -0.2) is 9.78 Å². The predicted octanol–water partition coefficient (Wildman–Crippen LogP) is 0.109. The highest BCUT2D eigenvalue weighted by Gasteiger charge is 2.35. The summed E-state index contributed by atoms with van der Waals surface area (Å²) >= 11 is 0. The Morgan fingerprint density at radius 2 is 2.31 bits per heavy atom. The molecule has 1 N–H and O–H groups in total. The number of carboxylic acids is 1. The molecule has 1 fully saturated rings. The summed E-state index contributed by atoms with van der Waals surface area (Å²) in [5.41, 5.74) is 0.302. The van der Waals surface area contributed by atoms with Gasteiger partial charge in [-0.2, -0.15) is 0 Å². The third-order valence-corrected chi connectivity index (χ3v) is 2.72. The van der Waals surface area contributed by atoms with Gasteiger partial charge in [-0.05, 0) is 12.8 Å². The van der Waals surface area contributed by atoms with E-state index in [1.54, 1.807) is 17.8 Å². The molecule has 2 heterocycles. The lowest BCUT2D eigenvalue weighted by atomic mass is 10.2. The predicted molar refractivity (Wildman–Crippen MR) is 54.9 cm³/mol. The van der Waals surface area contributed by atoms with Gasteiger partial charge >= 0.3 is 5.97 Å². The summed E-state index contributed by atoms with van der Waals surface area (Å²) in [6, 6.07) is -0.700. The van der Waals surface area contributed by atoms with Crippen molar-refractivity contribution in [2.24, 2.45) is 7.05 Å². The zero-order valence-electron chi connectivity index (χ0n) is 8.96. The van der Waals surface area contributed by atoms with Gasteiger partial charge in [0.2, 0.25) is 0 Å². The molecule has 86 valence electrons. The number of carbonyl (C=O) groups excluding carboxylic acids is 1. The number of hydrogen-bond donors (Lipinski definition) is 1. The van der Waals surface area contributed by atoms with Crippen LogP contribution in [0.25, 0.3) is 0 Å². The zero-order chi connectivity index (χ0) is 11.7. The smallest absolute Gasteiger partial charge is 0.326 e. The molecule has 1 saturated heterocycles. The van der Waals surface area contributed by atoms with Gasteiger partial charge < -0.3 is 14.6 Å². The fraction of sp³-hybridized carbons (Fsp3) is 0.500. The molecular weight excluding hydrogens is 210 g/mol. The summed E-state index contributed by atoms with van der Waals surface area (Å²) in [6.07, 6.45) is 4.38. The van der Waals surface area contributed by atoms with Crippen LogP contribution < -0.4 is 0 Å². The van der Waals surface area contributed by atoms with E-state index >= 15 is 0 Å². The van der Waals surface area contributed by atoms with Gasteiger partial charge in [-0.1, -0.05) is 0 Å². The lowest BCUT2D eigenvalue weighted by molar-refractivity contribution is -0.141. The van der Waals surface area contributed by atoms with Crippen molar-refractivity contribution < 1.29 is 14.7 Å². The van der Waals surface area contributed by atoms with Crippen LogP contribution in [-0.4, -0.2) is 44.0 Å². The Hall–Kier alpha value is -1.85. The minimum absolute atomic E-state index is 0.300. The van der Waals surface area contributed by atoms with Gasteiger partial charge in [0, 0.05) is 19.8 Å². The van der Waals surface area contributed by atoms with E-state index in [-0.39, 0.29) is 5.91 Å². The van der Waals surface area contributed by atoms with Crippen LogP contribution in [0.5, 0.6) is 0 Å². The molecule has 0 radical (unpaired) electrons. The van der Waals surface area contributed by atoms with Gasteiger partial charge in [0.25, 0.3) is 5.91 Å². The van der Waals surface area contributed by atoms with Crippen molar-refractivity contribution in [1.29, 1.82) is 0 Å². The Bertz CT molecular complexity index is 427. The minimum Gasteiger partial charge on any atom is -0.480 e. The van der Waals surface area contributed by atoms with Crippen molar-refractivity contribution in [3.63, 3.8) is 0 Å². The summed E-state index contributed by atoms with van der Waals surface area (Å²) in [4.78, 5) is 28.2. The summed E-state index contributed by atoms with van der Waals surface area (Å²) in [5, 5.41) is 8.97. The average molecular weight is 223 g/mol. The molecule has 0 aromatic carbocycles. The van der Waals surface area contributed by atoms with Crippen LogP contribution in [0.1, 0.15) is 23.3 Å². The summed E-state index contributed by atoms with van der Waals surface area (Å²) in [5.74, 6) is -1.24. The SMILES string of the molecule is Cn1cnc(C(=O)N2CCCC2C(=O)O)c1. The number of imidazole rings is 1. The van der Waals surface area contributed by atoms with Gasteiger partial charge in [-0.15, -0.1) is 0 Å². The first-order valence-corrected chi connectivity index (χ1v) is 5.11. The summed E-state index contributed by atoms with van der Waals surface area (Å²) in [6.45, 7) is 0.492. The van der Waals surface area contributed by atoms with Crippen molar-refractivity contribution >= 4 is 11.9 Å². The topological polar surface area (TPSA) is 75.4 Å². The second-order valence-corrected chi connectivity index (χ2v) is 3.92. The average Bonchev–Trinajstić information content (AvgIpc) is 2.84. The summed E-state index contributed by atoms with van der Waals surface area (Å²) in [7, 11) is 1.77. The fourth-order valence-corrected chi connectivity index (χ4v) is 1.94. The number of carboxylic acid groups (broad SMARTS) is 1. The Morgan fingerprint density at radius 1 is 1.56 bits per heavy atom. The maximum atomic E-state index is 12.0. The van der Waals surface area contributed by atoms with Crippen molar-refractivity contribution in [1.82, 2.24) is 14.5 Å². The van der Waals surface area contributed by atoms with E-state index < -0.39 is 12.0 Å².